The minimum absolute atomic E-state index is 0.0796. The fourth-order valence-electron chi connectivity index (χ4n) is 5.38. The van der Waals surface area contributed by atoms with E-state index in [1.165, 1.54) is 7.11 Å². The molecule has 1 fully saturated rings. The van der Waals surface area contributed by atoms with Crippen LogP contribution in [0.2, 0.25) is 0 Å². The highest BCUT2D eigenvalue weighted by atomic mass is 16.5. The van der Waals surface area contributed by atoms with Crippen LogP contribution in [-0.2, 0) is 13.1 Å². The quantitative estimate of drug-likeness (QED) is 0.446. The zero-order valence-electron chi connectivity index (χ0n) is 22.0. The summed E-state index contributed by atoms with van der Waals surface area (Å²) in [5.41, 5.74) is 2.78. The van der Waals surface area contributed by atoms with Crippen molar-refractivity contribution in [3.8, 4) is 5.75 Å². The lowest BCUT2D eigenvalue weighted by Gasteiger charge is -2.35. The van der Waals surface area contributed by atoms with Crippen LogP contribution in [-0.4, -0.2) is 57.8 Å². The summed E-state index contributed by atoms with van der Waals surface area (Å²) in [7, 11) is 1.52. The first-order valence-electron chi connectivity index (χ1n) is 12.6. The molecular weight excluding hydrogens is 456 g/mol. The second-order valence-corrected chi connectivity index (χ2v) is 10.6. The molecule has 0 saturated carbocycles. The van der Waals surface area contributed by atoms with Gasteiger partial charge < -0.3 is 29.6 Å². The number of hydrogen-bond acceptors (Lipinski definition) is 5. The number of likely N-dealkylation sites (tertiary alicyclic amines) is 1. The molecule has 4 rings (SSSR count). The van der Waals surface area contributed by atoms with Gasteiger partial charge in [-0.3, -0.25) is 9.59 Å². The van der Waals surface area contributed by atoms with Crippen LogP contribution in [0.25, 0.3) is 10.9 Å². The average molecular weight is 495 g/mol. The number of hydrogen-bond donors (Lipinski definition) is 3. The maximum atomic E-state index is 13.4. The Balaban J connectivity index is 1.53. The number of aryl methyl sites for hydroxylation is 1. The van der Waals surface area contributed by atoms with E-state index in [9.17, 15) is 14.7 Å². The number of piperidine rings is 1. The Bertz CT molecular complexity index is 1290. The molecule has 8 nitrogen and oxygen atoms in total. The van der Waals surface area contributed by atoms with Crippen molar-refractivity contribution in [2.75, 3.05) is 26.7 Å². The van der Waals surface area contributed by atoms with E-state index >= 15 is 0 Å². The van der Waals surface area contributed by atoms with Gasteiger partial charge in [0, 0.05) is 35.4 Å². The van der Waals surface area contributed by atoms with Gasteiger partial charge in [0.2, 0.25) is 0 Å². The molecule has 194 valence electrons. The van der Waals surface area contributed by atoms with Crippen molar-refractivity contribution in [2.24, 2.45) is 5.92 Å². The average Bonchev–Trinajstić information content (AvgIpc) is 3.09. The molecule has 3 heterocycles. The summed E-state index contributed by atoms with van der Waals surface area (Å²) in [6.07, 6.45) is 2.11. The molecule has 8 heteroatoms. The van der Waals surface area contributed by atoms with Gasteiger partial charge in [0.1, 0.15) is 5.75 Å². The Kier molecular flexibility index (Phi) is 7.57. The maximum absolute atomic E-state index is 13.4. The molecule has 2 aromatic heterocycles. The van der Waals surface area contributed by atoms with E-state index in [1.807, 2.05) is 39.0 Å². The zero-order valence-corrected chi connectivity index (χ0v) is 22.0. The number of aliphatic hydroxyl groups is 1. The number of aromatic nitrogens is 2. The van der Waals surface area contributed by atoms with Crippen molar-refractivity contribution in [2.45, 2.75) is 59.2 Å². The third-order valence-electron chi connectivity index (χ3n) is 7.09. The fourth-order valence-corrected chi connectivity index (χ4v) is 5.38. The molecule has 36 heavy (non-hydrogen) atoms. The third kappa shape index (κ3) is 5.65. The number of methoxy groups -OCH3 is 1. The lowest BCUT2D eigenvalue weighted by molar-refractivity contribution is 0.0235. The van der Waals surface area contributed by atoms with Gasteiger partial charge in [0.05, 0.1) is 30.4 Å². The number of ether oxygens (including phenoxy) is 1. The zero-order chi connectivity index (χ0) is 26.0. The number of pyridine rings is 1. The van der Waals surface area contributed by atoms with Crippen molar-refractivity contribution in [1.82, 2.24) is 19.8 Å². The summed E-state index contributed by atoms with van der Waals surface area (Å²) >= 11 is 0. The first-order chi connectivity index (χ1) is 17.1. The summed E-state index contributed by atoms with van der Waals surface area (Å²) < 4.78 is 7.63. The molecule has 3 N–H and O–H groups in total. The number of nitrogens with one attached hydrogen (secondary N) is 2. The standard InChI is InChI=1S/C28H38N4O4/c1-18-14-24(36-5)22(26(33)30-18)15-29-27(34)25-19(2)32(23-9-7-6-8-21(23)25)16-20-10-12-31(13-11-20)17-28(3,4)35/h6-9,14,20,35H,10-13,15-17H2,1-5H3,(H,29,34)(H,30,33). The number of benzene rings is 1. The molecule has 1 saturated heterocycles. The smallest absolute Gasteiger partial charge is 0.256 e. The van der Waals surface area contributed by atoms with Crippen LogP contribution < -0.4 is 15.6 Å². The van der Waals surface area contributed by atoms with E-state index < -0.39 is 5.60 Å². The van der Waals surface area contributed by atoms with Gasteiger partial charge in [-0.25, -0.2) is 0 Å². The second kappa shape index (κ2) is 10.5. The number of β-amino-alcohol motifs (C(OH)–C–C–N with tert-alkyl or cyclic N) is 1. The number of fused-ring (bicyclic) bond motifs is 1. The summed E-state index contributed by atoms with van der Waals surface area (Å²) in [5.74, 6) is 0.764. The molecule has 1 aromatic carbocycles. The van der Waals surface area contributed by atoms with Crippen LogP contribution in [0.4, 0.5) is 0 Å². The number of para-hydroxylation sites is 1. The monoisotopic (exact) mass is 494 g/mol. The van der Waals surface area contributed by atoms with Gasteiger partial charge in [-0.05, 0) is 71.7 Å². The third-order valence-corrected chi connectivity index (χ3v) is 7.09. The number of nitrogens with zero attached hydrogens (tertiary/aromatic N) is 2. The van der Waals surface area contributed by atoms with Crippen molar-refractivity contribution >= 4 is 16.8 Å². The molecule has 1 aliphatic heterocycles. The van der Waals surface area contributed by atoms with Gasteiger partial charge >= 0.3 is 0 Å². The van der Waals surface area contributed by atoms with E-state index in [0.29, 0.717) is 35.0 Å². The SMILES string of the molecule is COc1cc(C)[nH]c(=O)c1CNC(=O)c1c(C)n(CC2CCN(CC(C)(C)O)CC2)c2ccccc12. The Morgan fingerprint density at radius 3 is 2.58 bits per heavy atom. The largest absolute Gasteiger partial charge is 0.496 e. The van der Waals surface area contributed by atoms with Gasteiger partial charge in [-0.15, -0.1) is 0 Å². The molecule has 0 unspecified atom stereocenters. The molecule has 1 aliphatic rings. The highest BCUT2D eigenvalue weighted by molar-refractivity contribution is 6.08. The number of carbonyl (C=O) groups excluding carboxylic acids is 1. The van der Waals surface area contributed by atoms with Gasteiger partial charge in [-0.2, -0.15) is 0 Å². The summed E-state index contributed by atoms with van der Waals surface area (Å²) in [6, 6.07) is 9.76. The Morgan fingerprint density at radius 2 is 1.92 bits per heavy atom. The van der Waals surface area contributed by atoms with E-state index in [-0.39, 0.29) is 18.0 Å². The summed E-state index contributed by atoms with van der Waals surface area (Å²) in [6.45, 7) is 11.0. The first kappa shape index (κ1) is 26.0. The highest BCUT2D eigenvalue weighted by Crippen LogP contribution is 2.29. The van der Waals surface area contributed by atoms with Crippen LogP contribution >= 0.6 is 0 Å². The molecule has 0 spiro atoms. The van der Waals surface area contributed by atoms with E-state index in [0.717, 1.165) is 49.1 Å². The van der Waals surface area contributed by atoms with Gasteiger partial charge in [0.25, 0.3) is 11.5 Å². The molecule has 1 amide bonds. The van der Waals surface area contributed by atoms with E-state index in [4.69, 9.17) is 4.74 Å². The Hall–Kier alpha value is -3.10. The molecule has 0 radical (unpaired) electrons. The predicted molar refractivity (Wildman–Crippen MR) is 142 cm³/mol. The Labute approximate surface area is 212 Å². The number of rotatable bonds is 8. The lowest BCUT2D eigenvalue weighted by Crippen LogP contribution is -2.43. The van der Waals surface area contributed by atoms with Crippen LogP contribution in [0.3, 0.4) is 0 Å². The minimum atomic E-state index is -0.685. The number of H-pyrrole nitrogens is 1. The molecular formula is C28H38N4O4. The van der Waals surface area contributed by atoms with E-state index in [1.54, 1.807) is 13.0 Å². The number of amides is 1. The maximum Gasteiger partial charge on any atom is 0.256 e. The van der Waals surface area contributed by atoms with Crippen molar-refractivity contribution in [3.63, 3.8) is 0 Å². The molecule has 0 atom stereocenters. The first-order valence-corrected chi connectivity index (χ1v) is 12.6. The van der Waals surface area contributed by atoms with Crippen LogP contribution in [0, 0.1) is 19.8 Å². The van der Waals surface area contributed by atoms with Crippen molar-refractivity contribution < 1.29 is 14.6 Å². The molecule has 3 aromatic rings. The second-order valence-electron chi connectivity index (χ2n) is 10.6. The Morgan fingerprint density at radius 1 is 1.22 bits per heavy atom. The van der Waals surface area contributed by atoms with Gasteiger partial charge in [0.15, 0.2) is 0 Å². The predicted octanol–water partition coefficient (Wildman–Crippen LogP) is 3.37. The highest BCUT2D eigenvalue weighted by Gasteiger charge is 2.26. The van der Waals surface area contributed by atoms with Crippen LogP contribution in [0.1, 0.15) is 54.0 Å². The minimum Gasteiger partial charge on any atom is -0.496 e. The van der Waals surface area contributed by atoms with E-state index in [2.05, 4.69) is 25.8 Å². The lowest BCUT2D eigenvalue weighted by atomic mass is 9.95. The summed E-state index contributed by atoms with van der Waals surface area (Å²) in [4.78, 5) is 31.0. The number of aromatic amines is 1. The van der Waals surface area contributed by atoms with Crippen molar-refractivity contribution in [1.29, 1.82) is 0 Å². The van der Waals surface area contributed by atoms with Gasteiger partial charge in [-0.1, -0.05) is 18.2 Å². The fraction of sp³-hybridized carbons (Fsp3) is 0.500. The van der Waals surface area contributed by atoms with Crippen LogP contribution in [0.5, 0.6) is 5.75 Å². The van der Waals surface area contributed by atoms with Crippen LogP contribution in [0.15, 0.2) is 35.1 Å². The molecule has 0 aliphatic carbocycles. The molecule has 0 bridgehead atoms. The normalized spacial score (nSPS) is 15.4. The summed E-state index contributed by atoms with van der Waals surface area (Å²) in [5, 5.41) is 14.0. The topological polar surface area (TPSA) is 99.6 Å². The van der Waals surface area contributed by atoms with Crippen molar-refractivity contribution in [3.05, 3.63) is 63.2 Å². The number of carbonyl (C=O) groups is 1.